The van der Waals surface area contributed by atoms with Gasteiger partial charge in [-0.25, -0.2) is 0 Å². The molecule has 1 nitrogen and oxygen atoms in total. The van der Waals surface area contributed by atoms with Crippen LogP contribution < -0.4 is 0 Å². The molecule has 0 fully saturated rings. The minimum absolute atomic E-state index is 0.326. The Labute approximate surface area is 82.9 Å². The van der Waals surface area contributed by atoms with Crippen LogP contribution in [0, 0.1) is 11.8 Å². The lowest BCUT2D eigenvalue weighted by atomic mass is 9.87. The highest BCUT2D eigenvalue weighted by molar-refractivity contribution is 5.78. The van der Waals surface area contributed by atoms with Crippen LogP contribution in [-0.2, 0) is 4.79 Å². The second kappa shape index (κ2) is 7.11. The van der Waals surface area contributed by atoms with Gasteiger partial charge >= 0.3 is 0 Å². The molecule has 0 aliphatic rings. The van der Waals surface area contributed by atoms with E-state index in [1.165, 1.54) is 12.8 Å². The monoisotopic (exact) mass is 184 g/mol. The quantitative estimate of drug-likeness (QED) is 0.588. The van der Waals surface area contributed by atoms with E-state index < -0.39 is 0 Å². The molecular formula is C12H24O. The standard InChI is InChI=1S/C12H24O/c1-5-7-10(3)9-12(8-6-2)11(4)13/h10,12H,5-9H2,1-4H3. The maximum absolute atomic E-state index is 11.3. The Hall–Kier alpha value is -0.330. The van der Waals surface area contributed by atoms with Gasteiger partial charge in [0.1, 0.15) is 5.78 Å². The third kappa shape index (κ3) is 5.84. The fourth-order valence-electron chi connectivity index (χ4n) is 1.93. The number of hydrogen-bond donors (Lipinski definition) is 0. The molecule has 0 aliphatic carbocycles. The fraction of sp³-hybridized carbons (Fsp3) is 0.917. The van der Waals surface area contributed by atoms with Crippen LogP contribution in [-0.4, -0.2) is 5.78 Å². The molecule has 0 aliphatic heterocycles. The van der Waals surface area contributed by atoms with Crippen LogP contribution in [0.1, 0.15) is 59.8 Å². The van der Waals surface area contributed by atoms with Gasteiger partial charge in [0.2, 0.25) is 0 Å². The smallest absolute Gasteiger partial charge is 0.132 e. The molecule has 0 saturated heterocycles. The van der Waals surface area contributed by atoms with Gasteiger partial charge in [-0.1, -0.05) is 40.0 Å². The topological polar surface area (TPSA) is 17.1 Å². The van der Waals surface area contributed by atoms with Crippen LogP contribution in [0.3, 0.4) is 0 Å². The minimum Gasteiger partial charge on any atom is -0.300 e. The number of rotatable bonds is 7. The van der Waals surface area contributed by atoms with Crippen molar-refractivity contribution < 1.29 is 4.79 Å². The average Bonchev–Trinajstić information content (AvgIpc) is 2.04. The second-order valence-corrected chi connectivity index (χ2v) is 4.23. The molecule has 0 rings (SSSR count). The minimum atomic E-state index is 0.326. The van der Waals surface area contributed by atoms with Gasteiger partial charge in [-0.2, -0.15) is 0 Å². The Morgan fingerprint density at radius 2 is 1.69 bits per heavy atom. The van der Waals surface area contributed by atoms with Crippen LogP contribution in [0.25, 0.3) is 0 Å². The van der Waals surface area contributed by atoms with Crippen molar-refractivity contribution in [3.8, 4) is 0 Å². The summed E-state index contributed by atoms with van der Waals surface area (Å²) in [5.41, 5.74) is 0. The summed E-state index contributed by atoms with van der Waals surface area (Å²) < 4.78 is 0. The first kappa shape index (κ1) is 12.7. The van der Waals surface area contributed by atoms with Gasteiger partial charge in [0, 0.05) is 5.92 Å². The maximum atomic E-state index is 11.3. The summed E-state index contributed by atoms with van der Waals surface area (Å²) in [6.45, 7) is 8.35. The van der Waals surface area contributed by atoms with Gasteiger partial charge in [0.25, 0.3) is 0 Å². The molecule has 0 radical (unpaired) electrons. The first-order valence-electron chi connectivity index (χ1n) is 5.62. The van der Waals surface area contributed by atoms with Crippen molar-refractivity contribution in [3.05, 3.63) is 0 Å². The normalized spacial score (nSPS) is 15.4. The van der Waals surface area contributed by atoms with E-state index in [9.17, 15) is 4.79 Å². The SMILES string of the molecule is CCCC(C)CC(CCC)C(C)=O. The summed E-state index contributed by atoms with van der Waals surface area (Å²) in [5, 5.41) is 0. The molecule has 0 amide bonds. The summed E-state index contributed by atoms with van der Waals surface area (Å²) in [6.07, 6.45) is 5.79. The molecule has 0 N–H and O–H groups in total. The Morgan fingerprint density at radius 3 is 2.08 bits per heavy atom. The van der Waals surface area contributed by atoms with Gasteiger partial charge in [-0.15, -0.1) is 0 Å². The lowest BCUT2D eigenvalue weighted by Crippen LogP contribution is -2.14. The highest BCUT2D eigenvalue weighted by Gasteiger charge is 2.15. The summed E-state index contributed by atoms with van der Waals surface area (Å²) >= 11 is 0. The van der Waals surface area contributed by atoms with Gasteiger partial charge < -0.3 is 0 Å². The predicted molar refractivity (Wildman–Crippen MR) is 57.8 cm³/mol. The number of carbonyl (C=O) groups excluding carboxylic acids is 1. The lowest BCUT2D eigenvalue weighted by Gasteiger charge is -2.17. The Bertz CT molecular complexity index is 140. The summed E-state index contributed by atoms with van der Waals surface area (Å²) in [4.78, 5) is 11.3. The van der Waals surface area contributed by atoms with Crippen molar-refractivity contribution >= 4 is 5.78 Å². The van der Waals surface area contributed by atoms with Crippen molar-refractivity contribution in [1.82, 2.24) is 0 Å². The van der Waals surface area contributed by atoms with E-state index in [1.54, 1.807) is 6.92 Å². The highest BCUT2D eigenvalue weighted by atomic mass is 16.1. The molecule has 0 saturated carbocycles. The van der Waals surface area contributed by atoms with Crippen molar-refractivity contribution in [2.24, 2.45) is 11.8 Å². The molecule has 78 valence electrons. The molecule has 2 atom stereocenters. The second-order valence-electron chi connectivity index (χ2n) is 4.23. The van der Waals surface area contributed by atoms with Crippen molar-refractivity contribution in [3.63, 3.8) is 0 Å². The van der Waals surface area contributed by atoms with E-state index in [0.717, 1.165) is 19.3 Å². The first-order chi connectivity index (χ1) is 6.11. The fourth-order valence-corrected chi connectivity index (χ4v) is 1.93. The van der Waals surface area contributed by atoms with Crippen LogP contribution in [0.4, 0.5) is 0 Å². The average molecular weight is 184 g/mol. The molecule has 0 heterocycles. The van der Waals surface area contributed by atoms with Gasteiger partial charge in [0.15, 0.2) is 0 Å². The molecule has 0 aromatic heterocycles. The summed E-state index contributed by atoms with van der Waals surface area (Å²) in [5.74, 6) is 1.42. The number of carbonyl (C=O) groups is 1. The lowest BCUT2D eigenvalue weighted by molar-refractivity contribution is -0.121. The van der Waals surface area contributed by atoms with E-state index >= 15 is 0 Å². The molecule has 0 spiro atoms. The van der Waals surface area contributed by atoms with E-state index in [4.69, 9.17) is 0 Å². The van der Waals surface area contributed by atoms with Crippen LogP contribution in [0.15, 0.2) is 0 Å². The number of ketones is 1. The highest BCUT2D eigenvalue weighted by Crippen LogP contribution is 2.21. The molecule has 0 bridgehead atoms. The van der Waals surface area contributed by atoms with Crippen LogP contribution in [0.5, 0.6) is 0 Å². The molecule has 1 heteroatoms. The third-order valence-electron chi connectivity index (χ3n) is 2.68. The molecular weight excluding hydrogens is 160 g/mol. The van der Waals surface area contributed by atoms with Crippen molar-refractivity contribution in [1.29, 1.82) is 0 Å². The zero-order chi connectivity index (χ0) is 10.3. The first-order valence-corrected chi connectivity index (χ1v) is 5.62. The summed E-state index contributed by atoms with van der Waals surface area (Å²) in [6, 6.07) is 0. The van der Waals surface area contributed by atoms with Crippen molar-refractivity contribution in [2.45, 2.75) is 59.8 Å². The zero-order valence-corrected chi connectivity index (χ0v) is 9.60. The van der Waals surface area contributed by atoms with Crippen molar-refractivity contribution in [2.75, 3.05) is 0 Å². The van der Waals surface area contributed by atoms with Gasteiger partial charge in [-0.3, -0.25) is 4.79 Å². The Morgan fingerprint density at radius 1 is 1.15 bits per heavy atom. The zero-order valence-electron chi connectivity index (χ0n) is 9.60. The Balaban J connectivity index is 3.86. The van der Waals surface area contributed by atoms with E-state index in [1.807, 2.05) is 0 Å². The van der Waals surface area contributed by atoms with Crippen LogP contribution in [0.2, 0.25) is 0 Å². The van der Waals surface area contributed by atoms with E-state index in [2.05, 4.69) is 20.8 Å². The number of hydrogen-bond acceptors (Lipinski definition) is 1. The molecule has 0 aromatic rings. The maximum Gasteiger partial charge on any atom is 0.132 e. The third-order valence-corrected chi connectivity index (χ3v) is 2.68. The Kier molecular flexibility index (Phi) is 6.93. The van der Waals surface area contributed by atoms with E-state index in [-0.39, 0.29) is 0 Å². The number of Topliss-reactive ketones (excluding diaryl/α,β-unsaturated/α-hetero) is 1. The van der Waals surface area contributed by atoms with E-state index in [0.29, 0.717) is 17.6 Å². The predicted octanol–water partition coefficient (Wildman–Crippen LogP) is 3.82. The largest absolute Gasteiger partial charge is 0.300 e. The molecule has 2 unspecified atom stereocenters. The van der Waals surface area contributed by atoms with Gasteiger partial charge in [-0.05, 0) is 25.7 Å². The summed E-state index contributed by atoms with van der Waals surface area (Å²) in [7, 11) is 0. The molecule has 0 aromatic carbocycles. The van der Waals surface area contributed by atoms with Crippen LogP contribution >= 0.6 is 0 Å². The molecule has 13 heavy (non-hydrogen) atoms. The van der Waals surface area contributed by atoms with Gasteiger partial charge in [0.05, 0.1) is 0 Å².